The highest BCUT2D eigenvalue weighted by atomic mass is 19.1. The quantitative estimate of drug-likeness (QED) is 0.205. The van der Waals surface area contributed by atoms with Crippen molar-refractivity contribution in [3.8, 4) is 17.9 Å². The third-order valence-corrected chi connectivity index (χ3v) is 8.51. The molecule has 0 saturated carbocycles. The van der Waals surface area contributed by atoms with Crippen LogP contribution >= 0.6 is 0 Å². The van der Waals surface area contributed by atoms with Gasteiger partial charge in [0.1, 0.15) is 11.5 Å². The summed E-state index contributed by atoms with van der Waals surface area (Å²) in [6, 6.07) is 14.6. The number of aromatic amines is 1. The minimum Gasteiger partial charge on any atom is -0.350 e. The van der Waals surface area contributed by atoms with Crippen LogP contribution in [0.4, 0.5) is 21.5 Å². The molecule has 0 atom stereocenters. The van der Waals surface area contributed by atoms with Gasteiger partial charge in [0.2, 0.25) is 0 Å². The van der Waals surface area contributed by atoms with Crippen molar-refractivity contribution in [2.45, 2.75) is 32.7 Å². The highest BCUT2D eigenvalue weighted by Gasteiger charge is 2.26. The molecule has 1 aliphatic heterocycles. The van der Waals surface area contributed by atoms with Gasteiger partial charge in [-0.15, -0.1) is 0 Å². The maximum atomic E-state index is 15.2. The molecule has 11 heteroatoms. The Bertz CT molecular complexity index is 2040. The van der Waals surface area contributed by atoms with E-state index < -0.39 is 17.1 Å². The van der Waals surface area contributed by atoms with E-state index in [0.717, 1.165) is 48.7 Å². The number of benzene rings is 2. The smallest absolute Gasteiger partial charge is 0.258 e. The van der Waals surface area contributed by atoms with Crippen molar-refractivity contribution in [1.29, 1.82) is 5.26 Å². The second-order valence-electron chi connectivity index (χ2n) is 12.4. The van der Waals surface area contributed by atoms with E-state index in [4.69, 9.17) is 0 Å². The minimum absolute atomic E-state index is 0.118. The number of carbonyl (C=O) groups is 1. The summed E-state index contributed by atoms with van der Waals surface area (Å²) in [5.74, 6) is 5.01. The lowest BCUT2D eigenvalue weighted by molar-refractivity contribution is 0.102. The third-order valence-electron chi connectivity index (χ3n) is 8.51. The van der Waals surface area contributed by atoms with E-state index in [2.05, 4.69) is 60.6 Å². The molecule has 5 aromatic rings. The Labute approximate surface area is 273 Å². The summed E-state index contributed by atoms with van der Waals surface area (Å²) in [4.78, 5) is 22.6. The van der Waals surface area contributed by atoms with Gasteiger partial charge in [0, 0.05) is 56.4 Å². The predicted octanol–water partition coefficient (Wildman–Crippen LogP) is 5.45. The zero-order valence-corrected chi connectivity index (χ0v) is 26.9. The number of hydrogen-bond donors (Lipinski definition) is 3. The van der Waals surface area contributed by atoms with Gasteiger partial charge >= 0.3 is 0 Å². The van der Waals surface area contributed by atoms with Crippen molar-refractivity contribution in [1.82, 2.24) is 29.4 Å². The van der Waals surface area contributed by atoms with Crippen LogP contribution in [-0.2, 0) is 12.0 Å². The van der Waals surface area contributed by atoms with Crippen LogP contribution in [0.5, 0.6) is 0 Å². The highest BCUT2D eigenvalue weighted by molar-refractivity contribution is 6.04. The molecule has 238 valence electrons. The van der Waals surface area contributed by atoms with Gasteiger partial charge < -0.3 is 15.5 Å². The van der Waals surface area contributed by atoms with Crippen molar-refractivity contribution >= 4 is 28.6 Å². The summed E-state index contributed by atoms with van der Waals surface area (Å²) < 4.78 is 17.0. The van der Waals surface area contributed by atoms with Gasteiger partial charge in [-0.1, -0.05) is 12.0 Å². The average molecular weight is 630 g/mol. The van der Waals surface area contributed by atoms with Crippen LogP contribution in [0.15, 0.2) is 67.3 Å². The van der Waals surface area contributed by atoms with Crippen LogP contribution in [0.1, 0.15) is 52.2 Å². The fourth-order valence-corrected chi connectivity index (χ4v) is 5.67. The van der Waals surface area contributed by atoms with Crippen molar-refractivity contribution in [3.63, 3.8) is 0 Å². The molecule has 4 heterocycles. The maximum absolute atomic E-state index is 15.2. The molecule has 1 saturated heterocycles. The number of nitriles is 1. The minimum atomic E-state index is -0.783. The first-order valence-electron chi connectivity index (χ1n) is 15.4. The van der Waals surface area contributed by atoms with E-state index in [9.17, 15) is 10.1 Å². The van der Waals surface area contributed by atoms with Gasteiger partial charge in [-0.2, -0.15) is 10.4 Å². The summed E-state index contributed by atoms with van der Waals surface area (Å²) in [6.07, 6.45) is 6.95. The summed E-state index contributed by atoms with van der Waals surface area (Å²) >= 11 is 0. The van der Waals surface area contributed by atoms with Gasteiger partial charge in [0.15, 0.2) is 5.65 Å². The standard InChI is InChI=1S/C36H36FN9O/c1-24-16-32(37)30(17-25(24)8-10-29-21-39-34-33(6-5-11-46(29)34)42-28-19-40-41-20-28)35(47)43-27-9-7-26(31(18-27)36(2,3)23-38)22-45-14-12-44(4)13-15-45/h5-7,9,11,16-21,42H,12-15,22H2,1-4H3,(H,40,41)(H,43,47). The van der Waals surface area contributed by atoms with Gasteiger partial charge in [0.25, 0.3) is 5.91 Å². The van der Waals surface area contributed by atoms with E-state index in [1.165, 1.54) is 12.1 Å². The SMILES string of the molecule is Cc1cc(F)c(C(=O)Nc2ccc(CN3CCN(C)CC3)c(C(C)(C)C#N)c2)cc1C#Cc1cnc2c(Nc3cn[nH]c3)cccn12. The van der Waals surface area contributed by atoms with E-state index in [1.54, 1.807) is 25.5 Å². The Kier molecular flexibility index (Phi) is 8.77. The first kappa shape index (κ1) is 31.5. The maximum Gasteiger partial charge on any atom is 0.258 e. The molecule has 0 radical (unpaired) electrons. The number of nitrogens with zero attached hydrogens (tertiary/aromatic N) is 6. The molecule has 1 fully saturated rings. The second-order valence-corrected chi connectivity index (χ2v) is 12.4. The lowest BCUT2D eigenvalue weighted by Gasteiger charge is -2.33. The molecule has 0 bridgehead atoms. The fraction of sp³-hybridized carbons (Fsp3) is 0.278. The van der Waals surface area contributed by atoms with Crippen LogP contribution in [-0.4, -0.2) is 68.5 Å². The number of nitrogens with one attached hydrogen (secondary N) is 3. The monoisotopic (exact) mass is 629 g/mol. The molecular formula is C36H36FN9O. The number of fused-ring (bicyclic) bond motifs is 1. The van der Waals surface area contributed by atoms with Crippen molar-refractivity contribution in [2.75, 3.05) is 43.9 Å². The Morgan fingerprint density at radius 2 is 1.89 bits per heavy atom. The number of rotatable bonds is 7. The lowest BCUT2D eigenvalue weighted by atomic mass is 9.82. The largest absolute Gasteiger partial charge is 0.350 e. The van der Waals surface area contributed by atoms with Crippen molar-refractivity contribution in [3.05, 3.63) is 107 Å². The van der Waals surface area contributed by atoms with Gasteiger partial charge in [-0.3, -0.25) is 19.2 Å². The first-order valence-corrected chi connectivity index (χ1v) is 15.4. The Balaban J connectivity index is 1.24. The number of amides is 1. The molecule has 3 N–H and O–H groups in total. The fourth-order valence-electron chi connectivity index (χ4n) is 5.67. The van der Waals surface area contributed by atoms with E-state index >= 15 is 4.39 Å². The Hall–Kier alpha value is -5.49. The average Bonchev–Trinajstić information content (AvgIpc) is 3.73. The number of halogens is 1. The molecule has 0 spiro atoms. The summed E-state index contributed by atoms with van der Waals surface area (Å²) in [5, 5.41) is 22.8. The molecule has 10 nitrogen and oxygen atoms in total. The number of piperazine rings is 1. The van der Waals surface area contributed by atoms with Crippen LogP contribution < -0.4 is 10.6 Å². The van der Waals surface area contributed by atoms with Crippen LogP contribution in [0, 0.1) is 35.9 Å². The third kappa shape index (κ3) is 6.87. The zero-order valence-electron chi connectivity index (χ0n) is 26.9. The molecule has 0 unspecified atom stereocenters. The van der Waals surface area contributed by atoms with Crippen molar-refractivity contribution in [2.24, 2.45) is 0 Å². The summed E-state index contributed by atoms with van der Waals surface area (Å²) in [6.45, 7) is 10.1. The van der Waals surface area contributed by atoms with Crippen LogP contribution in [0.25, 0.3) is 5.65 Å². The van der Waals surface area contributed by atoms with Gasteiger partial charge in [0.05, 0.1) is 40.8 Å². The zero-order chi connectivity index (χ0) is 33.1. The van der Waals surface area contributed by atoms with Gasteiger partial charge in [-0.05, 0) is 86.8 Å². The van der Waals surface area contributed by atoms with E-state index in [-0.39, 0.29) is 5.56 Å². The number of anilines is 3. The molecule has 1 aliphatic rings. The molecule has 1 amide bonds. The highest BCUT2D eigenvalue weighted by Crippen LogP contribution is 2.30. The summed E-state index contributed by atoms with van der Waals surface area (Å²) in [5.41, 5.74) is 5.49. The van der Waals surface area contributed by atoms with Crippen molar-refractivity contribution < 1.29 is 9.18 Å². The number of likely N-dealkylation sites (N-methyl/N-ethyl adjacent to an activating group) is 1. The second kappa shape index (κ2) is 13.1. The number of hydrogen-bond acceptors (Lipinski definition) is 7. The topological polar surface area (TPSA) is 117 Å². The number of aromatic nitrogens is 4. The molecule has 2 aromatic carbocycles. The molecule has 3 aromatic heterocycles. The molecule has 6 rings (SSSR count). The first-order chi connectivity index (χ1) is 22.6. The molecule has 47 heavy (non-hydrogen) atoms. The van der Waals surface area contributed by atoms with Crippen LogP contribution in [0.2, 0.25) is 0 Å². The molecule has 0 aliphatic carbocycles. The number of pyridine rings is 1. The summed E-state index contributed by atoms with van der Waals surface area (Å²) in [7, 11) is 2.12. The van der Waals surface area contributed by atoms with Crippen LogP contribution in [0.3, 0.4) is 0 Å². The number of carbonyl (C=O) groups excluding carboxylic acids is 1. The Morgan fingerprint density at radius 1 is 1.09 bits per heavy atom. The number of imidazole rings is 1. The van der Waals surface area contributed by atoms with E-state index in [0.29, 0.717) is 34.7 Å². The predicted molar refractivity (Wildman–Crippen MR) is 180 cm³/mol. The normalized spacial score (nSPS) is 14.0. The Morgan fingerprint density at radius 3 is 2.64 bits per heavy atom. The van der Waals surface area contributed by atoms with E-state index in [1.807, 2.05) is 54.8 Å². The number of H-pyrrole nitrogens is 1. The van der Waals surface area contributed by atoms with Gasteiger partial charge in [-0.25, -0.2) is 9.37 Å². The number of aryl methyl sites for hydroxylation is 1. The molecular weight excluding hydrogens is 593 g/mol. The lowest BCUT2D eigenvalue weighted by Crippen LogP contribution is -2.44.